The fraction of sp³-hybridized carbons (Fsp3) is 0.385. The molecule has 0 saturated heterocycles. The number of imidazole rings is 1. The van der Waals surface area contributed by atoms with Crippen LogP contribution in [0.2, 0.25) is 0 Å². The highest BCUT2D eigenvalue weighted by Gasteiger charge is 2.61. The number of aryl methyl sites for hydroxylation is 2. The van der Waals surface area contributed by atoms with E-state index in [1.54, 1.807) is 18.5 Å². The standard InChI is InChI=1S/C24H23F2N5O.C2H6/c1-3-4-5-16-8-14(2)18(13-28-16)17-9-15-12-29-21(30-23(32)19-11-24(19,25)26)10-20(15)31-7-6-27-22(17)31;1-2/h6-10,12-13,19H,3-5,11H2,1-2H3,(H,29,30,32);1-2H3. The maximum atomic E-state index is 13.2. The van der Waals surface area contributed by atoms with E-state index >= 15 is 0 Å². The van der Waals surface area contributed by atoms with Gasteiger partial charge in [-0.05, 0) is 37.5 Å². The molecule has 1 saturated carbocycles. The Labute approximate surface area is 197 Å². The van der Waals surface area contributed by atoms with Crippen LogP contribution in [0, 0.1) is 12.8 Å². The second-order valence-electron chi connectivity index (χ2n) is 8.41. The molecule has 0 aromatic carbocycles. The number of anilines is 1. The first-order chi connectivity index (χ1) is 16.4. The highest BCUT2D eigenvalue weighted by molar-refractivity contribution is 5.97. The monoisotopic (exact) mass is 465 g/mol. The van der Waals surface area contributed by atoms with Crippen LogP contribution in [-0.4, -0.2) is 31.2 Å². The van der Waals surface area contributed by atoms with Gasteiger partial charge in [-0.1, -0.05) is 27.2 Å². The van der Waals surface area contributed by atoms with Gasteiger partial charge >= 0.3 is 0 Å². The average Bonchev–Trinajstić information content (AvgIpc) is 3.22. The minimum Gasteiger partial charge on any atom is -0.310 e. The third-order valence-corrected chi connectivity index (χ3v) is 5.99. The van der Waals surface area contributed by atoms with E-state index in [0.717, 1.165) is 58.2 Å². The Morgan fingerprint density at radius 1 is 1.15 bits per heavy atom. The van der Waals surface area contributed by atoms with Gasteiger partial charge < -0.3 is 5.32 Å². The van der Waals surface area contributed by atoms with Crippen molar-refractivity contribution < 1.29 is 13.6 Å². The van der Waals surface area contributed by atoms with E-state index in [2.05, 4.69) is 40.2 Å². The molecule has 1 unspecified atom stereocenters. The Bertz CT molecular complexity index is 1350. The van der Waals surface area contributed by atoms with E-state index < -0.39 is 24.2 Å². The van der Waals surface area contributed by atoms with Crippen LogP contribution < -0.4 is 5.32 Å². The molecule has 4 aromatic rings. The Morgan fingerprint density at radius 3 is 2.59 bits per heavy atom. The lowest BCUT2D eigenvalue weighted by Crippen LogP contribution is -2.18. The maximum absolute atomic E-state index is 13.2. The molecule has 0 aliphatic heterocycles. The Kier molecular flexibility index (Phi) is 6.59. The summed E-state index contributed by atoms with van der Waals surface area (Å²) < 4.78 is 28.3. The van der Waals surface area contributed by atoms with E-state index in [9.17, 15) is 13.6 Å². The molecule has 0 bridgehead atoms. The lowest BCUT2D eigenvalue weighted by atomic mass is 10.0. The molecule has 8 heteroatoms. The van der Waals surface area contributed by atoms with E-state index in [0.29, 0.717) is 0 Å². The zero-order valence-corrected chi connectivity index (χ0v) is 19.9. The van der Waals surface area contributed by atoms with Crippen LogP contribution in [0.25, 0.3) is 27.7 Å². The number of aromatic nitrogens is 4. The van der Waals surface area contributed by atoms with Crippen LogP contribution in [0.1, 0.15) is 51.3 Å². The number of nitrogens with one attached hydrogen (secondary N) is 1. The summed E-state index contributed by atoms with van der Waals surface area (Å²) in [6.45, 7) is 8.23. The van der Waals surface area contributed by atoms with Crippen molar-refractivity contribution in [2.45, 2.75) is 59.3 Å². The third kappa shape index (κ3) is 4.49. The Balaban J connectivity index is 0.00000133. The van der Waals surface area contributed by atoms with Crippen LogP contribution in [0.4, 0.5) is 14.6 Å². The van der Waals surface area contributed by atoms with Gasteiger partial charge in [-0.3, -0.25) is 14.2 Å². The van der Waals surface area contributed by atoms with Gasteiger partial charge in [-0.2, -0.15) is 0 Å². The zero-order chi connectivity index (χ0) is 24.5. The second-order valence-corrected chi connectivity index (χ2v) is 8.41. The van der Waals surface area contributed by atoms with Gasteiger partial charge in [0.05, 0.1) is 5.52 Å². The molecule has 34 heavy (non-hydrogen) atoms. The van der Waals surface area contributed by atoms with Gasteiger partial charge in [0.2, 0.25) is 5.91 Å². The molecule has 0 radical (unpaired) electrons. The van der Waals surface area contributed by atoms with E-state index in [1.165, 1.54) is 0 Å². The number of hydrogen-bond donors (Lipinski definition) is 1. The number of carbonyl (C=O) groups is 1. The lowest BCUT2D eigenvalue weighted by Gasteiger charge is -2.12. The third-order valence-electron chi connectivity index (χ3n) is 5.99. The van der Waals surface area contributed by atoms with Gasteiger partial charge in [-0.15, -0.1) is 0 Å². The number of nitrogens with zero attached hydrogens (tertiary/aromatic N) is 4. The molecule has 6 nitrogen and oxygen atoms in total. The van der Waals surface area contributed by atoms with Crippen molar-refractivity contribution in [3.05, 3.63) is 54.2 Å². The highest BCUT2D eigenvalue weighted by Crippen LogP contribution is 2.49. The number of rotatable bonds is 6. The fourth-order valence-corrected chi connectivity index (χ4v) is 4.06. The van der Waals surface area contributed by atoms with Crippen molar-refractivity contribution in [2.24, 2.45) is 5.92 Å². The van der Waals surface area contributed by atoms with Gasteiger partial charge in [0.25, 0.3) is 5.92 Å². The molecule has 178 valence electrons. The second kappa shape index (κ2) is 9.44. The predicted molar refractivity (Wildman–Crippen MR) is 130 cm³/mol. The van der Waals surface area contributed by atoms with Crippen molar-refractivity contribution in [2.75, 3.05) is 5.32 Å². The van der Waals surface area contributed by atoms with E-state index in [-0.39, 0.29) is 5.82 Å². The van der Waals surface area contributed by atoms with Crippen LogP contribution in [0.15, 0.2) is 43.0 Å². The normalized spacial score (nSPS) is 16.2. The molecule has 1 fully saturated rings. The number of amides is 1. The number of fused-ring (bicyclic) bond motifs is 3. The number of halogens is 2. The van der Waals surface area contributed by atoms with Gasteiger partial charge in [0.15, 0.2) is 0 Å². The summed E-state index contributed by atoms with van der Waals surface area (Å²) in [5.41, 5.74) is 5.66. The van der Waals surface area contributed by atoms with Crippen LogP contribution in [-0.2, 0) is 11.2 Å². The van der Waals surface area contributed by atoms with Crippen molar-refractivity contribution in [1.82, 2.24) is 19.4 Å². The molecular formula is C26H29F2N5O. The summed E-state index contributed by atoms with van der Waals surface area (Å²) >= 11 is 0. The molecule has 4 heterocycles. The fourth-order valence-electron chi connectivity index (χ4n) is 4.06. The summed E-state index contributed by atoms with van der Waals surface area (Å²) in [5, 5.41) is 3.36. The number of pyridine rings is 3. The summed E-state index contributed by atoms with van der Waals surface area (Å²) in [5.74, 6) is -4.64. The number of carbonyl (C=O) groups excluding carboxylic acids is 1. The lowest BCUT2D eigenvalue weighted by molar-refractivity contribution is -0.119. The topological polar surface area (TPSA) is 72.2 Å². The maximum Gasteiger partial charge on any atom is 0.260 e. The van der Waals surface area contributed by atoms with Crippen LogP contribution in [0.3, 0.4) is 0 Å². The van der Waals surface area contributed by atoms with E-state index in [1.807, 2.05) is 36.7 Å². The number of alkyl halides is 2. The molecule has 1 aliphatic carbocycles. The molecule has 1 amide bonds. The SMILES string of the molecule is CC.CCCCc1cc(C)c(-c2cc3cnc(NC(=O)C4CC4(F)F)cc3n3ccnc23)cn1. The summed E-state index contributed by atoms with van der Waals surface area (Å²) in [6.07, 6.45) is 9.85. The predicted octanol–water partition coefficient (Wildman–Crippen LogP) is 6.22. The van der Waals surface area contributed by atoms with Crippen molar-refractivity contribution >= 4 is 28.3 Å². The zero-order valence-electron chi connectivity index (χ0n) is 19.9. The van der Waals surface area contributed by atoms with Crippen molar-refractivity contribution in [3.63, 3.8) is 0 Å². The van der Waals surface area contributed by atoms with Crippen LogP contribution >= 0.6 is 0 Å². The molecule has 1 N–H and O–H groups in total. The Hall–Kier alpha value is -3.42. The largest absolute Gasteiger partial charge is 0.310 e. The Morgan fingerprint density at radius 2 is 1.91 bits per heavy atom. The van der Waals surface area contributed by atoms with Gasteiger partial charge in [0, 0.05) is 59.5 Å². The molecule has 5 rings (SSSR count). The number of hydrogen-bond acceptors (Lipinski definition) is 4. The van der Waals surface area contributed by atoms with Crippen molar-refractivity contribution in [3.8, 4) is 11.1 Å². The molecule has 1 atom stereocenters. The first-order valence-corrected chi connectivity index (χ1v) is 11.8. The summed E-state index contributed by atoms with van der Waals surface area (Å²) in [7, 11) is 0. The van der Waals surface area contributed by atoms with Gasteiger partial charge in [-0.25, -0.2) is 18.7 Å². The molecule has 1 aliphatic rings. The minimum atomic E-state index is -2.91. The minimum absolute atomic E-state index is 0.242. The summed E-state index contributed by atoms with van der Waals surface area (Å²) in [6, 6.07) is 5.81. The molecule has 0 spiro atoms. The quantitative estimate of drug-likeness (QED) is 0.367. The summed E-state index contributed by atoms with van der Waals surface area (Å²) in [4.78, 5) is 25.5. The number of unbranched alkanes of at least 4 members (excludes halogenated alkanes) is 1. The van der Waals surface area contributed by atoms with Crippen molar-refractivity contribution in [1.29, 1.82) is 0 Å². The smallest absolute Gasteiger partial charge is 0.260 e. The first-order valence-electron chi connectivity index (χ1n) is 11.8. The van der Waals surface area contributed by atoms with Crippen LogP contribution in [0.5, 0.6) is 0 Å². The molecule has 4 aromatic heterocycles. The molecular weight excluding hydrogens is 436 g/mol. The average molecular weight is 466 g/mol. The first kappa shape index (κ1) is 23.7. The highest BCUT2D eigenvalue weighted by atomic mass is 19.3. The van der Waals surface area contributed by atoms with E-state index in [4.69, 9.17) is 0 Å². The van der Waals surface area contributed by atoms with Gasteiger partial charge in [0.1, 0.15) is 17.4 Å².